The molecule has 1 fully saturated rings. The highest BCUT2D eigenvalue weighted by atomic mass is 16.5. The molecule has 2 rings (SSSR count). The van der Waals surface area contributed by atoms with Crippen molar-refractivity contribution in [1.82, 2.24) is 0 Å². The lowest BCUT2D eigenvalue weighted by Crippen LogP contribution is -2.46. The molecule has 1 aliphatic carbocycles. The number of carbonyl (C=O) groups excluding carboxylic acids is 2. The Morgan fingerprint density at radius 2 is 1.85 bits per heavy atom. The normalized spacial score (nSPS) is 20.7. The highest BCUT2D eigenvalue weighted by Gasteiger charge is 2.48. The Hall–Kier alpha value is -1.88. The summed E-state index contributed by atoms with van der Waals surface area (Å²) in [6.45, 7) is 1.04. The van der Waals surface area contributed by atoms with E-state index in [0.717, 1.165) is 12.0 Å². The molecule has 0 saturated heterocycles. The second-order valence-corrected chi connectivity index (χ2v) is 5.42. The number of hydrogen-bond acceptors (Lipinski definition) is 3. The Labute approximate surface area is 118 Å². The first-order valence-electron chi connectivity index (χ1n) is 6.76. The van der Waals surface area contributed by atoms with Gasteiger partial charge in [0.25, 0.3) is 0 Å². The van der Waals surface area contributed by atoms with E-state index in [9.17, 15) is 9.59 Å². The molecule has 4 N–H and O–H groups in total. The molecule has 0 bridgehead atoms. The Morgan fingerprint density at radius 3 is 2.40 bits per heavy atom. The predicted octanol–water partition coefficient (Wildman–Crippen LogP) is 0.960. The molecule has 0 radical (unpaired) electrons. The van der Waals surface area contributed by atoms with E-state index in [1.54, 1.807) is 0 Å². The van der Waals surface area contributed by atoms with Gasteiger partial charge in [0.05, 0.1) is 6.61 Å². The minimum atomic E-state index is -1.18. The third-order valence-electron chi connectivity index (χ3n) is 4.02. The molecule has 1 aromatic rings. The van der Waals surface area contributed by atoms with Crippen LogP contribution in [-0.4, -0.2) is 18.4 Å². The van der Waals surface area contributed by atoms with E-state index in [1.165, 1.54) is 0 Å². The summed E-state index contributed by atoms with van der Waals surface area (Å²) in [7, 11) is 0. The van der Waals surface area contributed by atoms with Gasteiger partial charge in [0.1, 0.15) is 5.41 Å². The predicted molar refractivity (Wildman–Crippen MR) is 74.3 cm³/mol. The van der Waals surface area contributed by atoms with Crippen LogP contribution in [0.1, 0.15) is 24.8 Å². The van der Waals surface area contributed by atoms with E-state index >= 15 is 0 Å². The van der Waals surface area contributed by atoms with Gasteiger partial charge in [-0.2, -0.15) is 0 Å². The maximum absolute atomic E-state index is 11.5. The van der Waals surface area contributed by atoms with Crippen LogP contribution in [-0.2, 0) is 20.9 Å². The molecule has 1 aromatic carbocycles. The molecule has 108 valence electrons. The molecule has 0 spiro atoms. The zero-order valence-electron chi connectivity index (χ0n) is 11.4. The quantitative estimate of drug-likeness (QED) is 0.757. The largest absolute Gasteiger partial charge is 0.376 e. The van der Waals surface area contributed by atoms with E-state index in [4.69, 9.17) is 16.2 Å². The first-order valence-corrected chi connectivity index (χ1v) is 6.76. The van der Waals surface area contributed by atoms with Crippen LogP contribution in [0.2, 0.25) is 0 Å². The first kappa shape index (κ1) is 14.5. The lowest BCUT2D eigenvalue weighted by atomic mass is 9.84. The van der Waals surface area contributed by atoms with Gasteiger partial charge in [0.15, 0.2) is 0 Å². The molecular formula is C15H20N2O3. The van der Waals surface area contributed by atoms with E-state index in [1.807, 2.05) is 30.3 Å². The van der Waals surface area contributed by atoms with Crippen molar-refractivity contribution in [2.24, 2.45) is 22.8 Å². The summed E-state index contributed by atoms with van der Waals surface area (Å²) in [4.78, 5) is 23.0. The van der Waals surface area contributed by atoms with Crippen molar-refractivity contribution >= 4 is 11.8 Å². The van der Waals surface area contributed by atoms with Crippen LogP contribution < -0.4 is 11.5 Å². The van der Waals surface area contributed by atoms with Gasteiger partial charge >= 0.3 is 0 Å². The fourth-order valence-electron chi connectivity index (χ4n) is 2.78. The Bertz CT molecular complexity index is 473. The number of nitrogens with two attached hydrogens (primary N) is 2. The molecule has 1 atom stereocenters. The van der Waals surface area contributed by atoms with Gasteiger partial charge in [-0.05, 0) is 30.7 Å². The van der Waals surface area contributed by atoms with Gasteiger partial charge in [0, 0.05) is 6.61 Å². The molecule has 0 heterocycles. The number of ether oxygens (including phenoxy) is 1. The minimum absolute atomic E-state index is 0.152. The summed E-state index contributed by atoms with van der Waals surface area (Å²) in [5, 5.41) is 0. The van der Waals surface area contributed by atoms with Crippen LogP contribution in [0.15, 0.2) is 30.3 Å². The molecule has 5 heteroatoms. The van der Waals surface area contributed by atoms with Crippen LogP contribution in [0, 0.1) is 11.3 Å². The third kappa shape index (κ3) is 2.99. The summed E-state index contributed by atoms with van der Waals surface area (Å²) >= 11 is 0. The smallest absolute Gasteiger partial charge is 0.233 e. The fourth-order valence-corrected chi connectivity index (χ4v) is 2.78. The summed E-state index contributed by atoms with van der Waals surface area (Å²) in [6, 6.07) is 9.85. The molecular weight excluding hydrogens is 256 g/mol. The first-order chi connectivity index (χ1) is 9.54. The standard InChI is InChI=1S/C15H20N2O3/c16-13(18)15(14(17)19)7-6-12(8-15)10-20-9-11-4-2-1-3-5-11/h1-5,12H,6-10H2,(H2,16,18)(H2,17,19). The number of carbonyl (C=O) groups is 2. The number of hydrogen-bond donors (Lipinski definition) is 2. The average Bonchev–Trinajstić information content (AvgIpc) is 2.86. The Morgan fingerprint density at radius 1 is 1.20 bits per heavy atom. The molecule has 5 nitrogen and oxygen atoms in total. The number of primary amides is 2. The zero-order valence-corrected chi connectivity index (χ0v) is 11.4. The maximum Gasteiger partial charge on any atom is 0.233 e. The molecule has 0 aromatic heterocycles. The monoisotopic (exact) mass is 276 g/mol. The summed E-state index contributed by atoms with van der Waals surface area (Å²) < 4.78 is 5.65. The summed E-state index contributed by atoms with van der Waals surface area (Å²) in [5.41, 5.74) is 10.6. The van der Waals surface area contributed by atoms with Gasteiger partial charge in [-0.25, -0.2) is 0 Å². The van der Waals surface area contributed by atoms with Crippen molar-refractivity contribution in [3.8, 4) is 0 Å². The van der Waals surface area contributed by atoms with Crippen LogP contribution >= 0.6 is 0 Å². The average molecular weight is 276 g/mol. The van der Waals surface area contributed by atoms with Crippen LogP contribution in [0.3, 0.4) is 0 Å². The van der Waals surface area contributed by atoms with Gasteiger partial charge in [-0.15, -0.1) is 0 Å². The molecule has 0 aliphatic heterocycles. The number of amides is 2. The topological polar surface area (TPSA) is 95.4 Å². The number of benzene rings is 1. The van der Waals surface area contributed by atoms with Crippen LogP contribution in [0.4, 0.5) is 0 Å². The van der Waals surface area contributed by atoms with Crippen molar-refractivity contribution in [3.05, 3.63) is 35.9 Å². The highest BCUT2D eigenvalue weighted by molar-refractivity contribution is 6.04. The van der Waals surface area contributed by atoms with Crippen molar-refractivity contribution < 1.29 is 14.3 Å². The highest BCUT2D eigenvalue weighted by Crippen LogP contribution is 2.41. The van der Waals surface area contributed by atoms with Crippen molar-refractivity contribution in [1.29, 1.82) is 0 Å². The van der Waals surface area contributed by atoms with E-state index < -0.39 is 17.2 Å². The van der Waals surface area contributed by atoms with Crippen molar-refractivity contribution in [3.63, 3.8) is 0 Å². The van der Waals surface area contributed by atoms with Gasteiger partial charge in [-0.3, -0.25) is 9.59 Å². The second kappa shape index (κ2) is 6.05. The second-order valence-electron chi connectivity index (χ2n) is 5.42. The summed E-state index contributed by atoms with van der Waals surface area (Å²) in [6.07, 6.45) is 1.56. The summed E-state index contributed by atoms with van der Waals surface area (Å²) in [5.74, 6) is -1.08. The van der Waals surface area contributed by atoms with Crippen molar-refractivity contribution in [2.45, 2.75) is 25.9 Å². The third-order valence-corrected chi connectivity index (χ3v) is 4.02. The van der Waals surface area contributed by atoms with Crippen LogP contribution in [0.25, 0.3) is 0 Å². The molecule has 1 aliphatic rings. The minimum Gasteiger partial charge on any atom is -0.376 e. The van der Waals surface area contributed by atoms with Gasteiger partial charge < -0.3 is 16.2 Å². The zero-order chi connectivity index (χ0) is 14.6. The number of rotatable bonds is 6. The molecule has 2 amide bonds. The van der Waals surface area contributed by atoms with E-state index in [-0.39, 0.29) is 5.92 Å². The SMILES string of the molecule is NC(=O)C1(C(N)=O)CCC(COCc2ccccc2)C1. The lowest BCUT2D eigenvalue weighted by Gasteiger charge is -2.21. The van der Waals surface area contributed by atoms with E-state index in [2.05, 4.69) is 0 Å². The fraction of sp³-hybridized carbons (Fsp3) is 0.467. The van der Waals surface area contributed by atoms with Gasteiger partial charge in [-0.1, -0.05) is 30.3 Å². The molecule has 1 unspecified atom stereocenters. The molecule has 20 heavy (non-hydrogen) atoms. The van der Waals surface area contributed by atoms with Crippen molar-refractivity contribution in [2.75, 3.05) is 6.61 Å². The Balaban J connectivity index is 1.84. The van der Waals surface area contributed by atoms with Gasteiger partial charge in [0.2, 0.25) is 11.8 Å². The molecule has 1 saturated carbocycles. The lowest BCUT2D eigenvalue weighted by molar-refractivity contribution is -0.139. The van der Waals surface area contributed by atoms with E-state index in [0.29, 0.717) is 26.1 Å². The Kier molecular flexibility index (Phi) is 4.39. The van der Waals surface area contributed by atoms with Crippen LogP contribution in [0.5, 0.6) is 0 Å². The maximum atomic E-state index is 11.5.